The first-order valence-electron chi connectivity index (χ1n) is 7.60. The molecule has 1 aromatic heterocycles. The van der Waals surface area contributed by atoms with Gasteiger partial charge in [-0.15, -0.1) is 5.10 Å². The Bertz CT molecular complexity index is 846. The fourth-order valence-corrected chi connectivity index (χ4v) is 2.78. The minimum Gasteiger partial charge on any atom is -0.326 e. The summed E-state index contributed by atoms with van der Waals surface area (Å²) in [4.78, 5) is 12.3. The number of rotatable bonds is 4. The lowest BCUT2D eigenvalue weighted by molar-refractivity contribution is -0.117. The van der Waals surface area contributed by atoms with Crippen molar-refractivity contribution in [1.82, 2.24) is 20.2 Å². The highest BCUT2D eigenvalue weighted by molar-refractivity contribution is 5.95. The standard InChI is InChI=1S/C17H14FN5O/c18-12-3-1-11(2-4-12)15-9-16(15)17(24)20-13-5-7-14(8-6-13)23-10-19-21-22-23/h1-8,10,15-16H,9H2,(H,20,24)/t15-,16-/m1/s1. The van der Waals surface area contributed by atoms with Gasteiger partial charge in [-0.05, 0) is 64.7 Å². The molecule has 1 heterocycles. The lowest BCUT2D eigenvalue weighted by atomic mass is 10.1. The van der Waals surface area contributed by atoms with Crippen molar-refractivity contribution in [2.45, 2.75) is 12.3 Å². The van der Waals surface area contributed by atoms with Gasteiger partial charge in [0.1, 0.15) is 12.1 Å². The minimum atomic E-state index is -0.261. The van der Waals surface area contributed by atoms with Gasteiger partial charge in [0.05, 0.1) is 5.69 Å². The molecular weight excluding hydrogens is 309 g/mol. The highest BCUT2D eigenvalue weighted by Gasteiger charge is 2.43. The lowest BCUT2D eigenvalue weighted by Gasteiger charge is -2.06. The van der Waals surface area contributed by atoms with Gasteiger partial charge in [-0.1, -0.05) is 12.1 Å². The zero-order valence-electron chi connectivity index (χ0n) is 12.6. The Hall–Kier alpha value is -3.09. The molecule has 3 aromatic rings. The molecule has 1 fully saturated rings. The van der Waals surface area contributed by atoms with Crippen molar-refractivity contribution in [1.29, 1.82) is 0 Å². The number of carbonyl (C=O) groups is 1. The van der Waals surface area contributed by atoms with Gasteiger partial charge in [-0.3, -0.25) is 4.79 Å². The molecule has 1 amide bonds. The van der Waals surface area contributed by atoms with Gasteiger partial charge in [0, 0.05) is 11.6 Å². The highest BCUT2D eigenvalue weighted by Crippen LogP contribution is 2.47. The summed E-state index contributed by atoms with van der Waals surface area (Å²) in [6.07, 6.45) is 2.30. The first-order chi connectivity index (χ1) is 11.7. The molecule has 0 aliphatic heterocycles. The number of amides is 1. The van der Waals surface area contributed by atoms with Gasteiger partial charge in [0.2, 0.25) is 5.91 Å². The molecule has 1 aliphatic carbocycles. The van der Waals surface area contributed by atoms with Crippen LogP contribution in [0.2, 0.25) is 0 Å². The second kappa shape index (κ2) is 5.84. The molecule has 0 saturated heterocycles. The second-order valence-corrected chi connectivity index (χ2v) is 5.79. The predicted molar refractivity (Wildman–Crippen MR) is 85.0 cm³/mol. The molecule has 1 saturated carbocycles. The Morgan fingerprint density at radius 3 is 2.54 bits per heavy atom. The van der Waals surface area contributed by atoms with Crippen LogP contribution in [0, 0.1) is 11.7 Å². The van der Waals surface area contributed by atoms with Crippen molar-refractivity contribution in [3.05, 3.63) is 66.2 Å². The van der Waals surface area contributed by atoms with Gasteiger partial charge < -0.3 is 5.32 Å². The van der Waals surface area contributed by atoms with E-state index in [2.05, 4.69) is 20.8 Å². The molecule has 120 valence electrons. The maximum Gasteiger partial charge on any atom is 0.228 e. The number of anilines is 1. The summed E-state index contributed by atoms with van der Waals surface area (Å²) in [6, 6.07) is 13.6. The van der Waals surface area contributed by atoms with Crippen LogP contribution in [0.3, 0.4) is 0 Å². The van der Waals surface area contributed by atoms with Gasteiger partial charge in [0.15, 0.2) is 0 Å². The molecule has 1 N–H and O–H groups in total. The van der Waals surface area contributed by atoms with E-state index < -0.39 is 0 Å². The SMILES string of the molecule is O=C(Nc1ccc(-n2cnnn2)cc1)[C@@H]1C[C@@H]1c1ccc(F)cc1. The van der Waals surface area contributed by atoms with E-state index in [0.29, 0.717) is 0 Å². The molecule has 2 atom stereocenters. The molecule has 2 aromatic carbocycles. The van der Waals surface area contributed by atoms with Crippen LogP contribution in [0.25, 0.3) is 5.69 Å². The van der Waals surface area contributed by atoms with Crippen LogP contribution >= 0.6 is 0 Å². The van der Waals surface area contributed by atoms with E-state index in [-0.39, 0.29) is 23.6 Å². The summed E-state index contributed by atoms with van der Waals surface area (Å²) in [5.74, 6) is -0.164. The van der Waals surface area contributed by atoms with E-state index in [0.717, 1.165) is 23.4 Å². The third-order valence-electron chi connectivity index (χ3n) is 4.17. The predicted octanol–water partition coefficient (Wildman–Crippen LogP) is 2.54. The fourth-order valence-electron chi connectivity index (χ4n) is 2.78. The van der Waals surface area contributed by atoms with Crippen molar-refractivity contribution in [3.8, 4) is 5.69 Å². The molecule has 7 heteroatoms. The summed E-state index contributed by atoms with van der Waals surface area (Å²) >= 11 is 0. The van der Waals surface area contributed by atoms with Crippen molar-refractivity contribution in [3.63, 3.8) is 0 Å². The smallest absolute Gasteiger partial charge is 0.228 e. The minimum absolute atomic E-state index is 0.0144. The normalized spacial score (nSPS) is 19.0. The van der Waals surface area contributed by atoms with Crippen LogP contribution in [0.5, 0.6) is 0 Å². The zero-order chi connectivity index (χ0) is 16.5. The van der Waals surface area contributed by atoms with E-state index in [4.69, 9.17) is 0 Å². The van der Waals surface area contributed by atoms with Crippen LogP contribution < -0.4 is 5.32 Å². The number of hydrogen-bond acceptors (Lipinski definition) is 4. The van der Waals surface area contributed by atoms with E-state index in [9.17, 15) is 9.18 Å². The summed E-state index contributed by atoms with van der Waals surface area (Å²) < 4.78 is 14.5. The number of halogens is 1. The third kappa shape index (κ3) is 2.88. The van der Waals surface area contributed by atoms with Crippen LogP contribution in [-0.4, -0.2) is 26.1 Å². The second-order valence-electron chi connectivity index (χ2n) is 5.79. The van der Waals surface area contributed by atoms with Crippen LogP contribution in [0.1, 0.15) is 17.9 Å². The summed E-state index contributed by atoms with van der Waals surface area (Å²) in [5, 5.41) is 13.9. The van der Waals surface area contributed by atoms with E-state index in [1.54, 1.807) is 12.1 Å². The van der Waals surface area contributed by atoms with Crippen LogP contribution in [-0.2, 0) is 4.79 Å². The first-order valence-corrected chi connectivity index (χ1v) is 7.60. The average Bonchev–Trinajstić information content (AvgIpc) is 3.21. The molecule has 0 radical (unpaired) electrons. The van der Waals surface area contributed by atoms with E-state index in [1.165, 1.54) is 23.1 Å². The van der Waals surface area contributed by atoms with Crippen molar-refractivity contribution in [2.75, 3.05) is 5.32 Å². The quantitative estimate of drug-likeness (QED) is 0.801. The van der Waals surface area contributed by atoms with Crippen molar-refractivity contribution in [2.24, 2.45) is 5.92 Å². The number of nitrogens with one attached hydrogen (secondary N) is 1. The first kappa shape index (κ1) is 14.5. The summed E-state index contributed by atoms with van der Waals surface area (Å²) in [5.41, 5.74) is 2.54. The van der Waals surface area contributed by atoms with Crippen molar-refractivity contribution >= 4 is 11.6 Å². The number of aromatic nitrogens is 4. The number of hydrogen-bond donors (Lipinski definition) is 1. The molecule has 6 nitrogen and oxygen atoms in total. The number of carbonyl (C=O) groups excluding carboxylic acids is 1. The largest absolute Gasteiger partial charge is 0.326 e. The Labute approximate surface area is 137 Å². The molecule has 0 spiro atoms. The third-order valence-corrected chi connectivity index (χ3v) is 4.17. The number of benzene rings is 2. The zero-order valence-corrected chi connectivity index (χ0v) is 12.6. The Morgan fingerprint density at radius 1 is 1.12 bits per heavy atom. The monoisotopic (exact) mass is 323 g/mol. The highest BCUT2D eigenvalue weighted by atomic mass is 19.1. The molecule has 4 rings (SSSR count). The van der Waals surface area contributed by atoms with Gasteiger partial charge in [-0.25, -0.2) is 9.07 Å². The Balaban J connectivity index is 1.39. The Morgan fingerprint density at radius 2 is 1.88 bits per heavy atom. The Kier molecular flexibility index (Phi) is 3.53. The van der Waals surface area contributed by atoms with Crippen LogP contribution in [0.15, 0.2) is 54.9 Å². The average molecular weight is 323 g/mol. The molecular formula is C17H14FN5O. The maximum atomic E-state index is 13.0. The molecule has 1 aliphatic rings. The van der Waals surface area contributed by atoms with Crippen molar-refractivity contribution < 1.29 is 9.18 Å². The van der Waals surface area contributed by atoms with E-state index >= 15 is 0 Å². The fraction of sp³-hybridized carbons (Fsp3) is 0.176. The molecule has 0 unspecified atom stereocenters. The summed E-state index contributed by atoms with van der Waals surface area (Å²) in [6.45, 7) is 0. The maximum absolute atomic E-state index is 13.0. The van der Waals surface area contributed by atoms with Crippen LogP contribution in [0.4, 0.5) is 10.1 Å². The van der Waals surface area contributed by atoms with E-state index in [1.807, 2.05) is 24.3 Å². The number of nitrogens with zero attached hydrogens (tertiary/aromatic N) is 4. The lowest BCUT2D eigenvalue weighted by Crippen LogP contribution is -2.14. The van der Waals surface area contributed by atoms with Gasteiger partial charge in [0.25, 0.3) is 0 Å². The topological polar surface area (TPSA) is 72.7 Å². The number of tetrazole rings is 1. The van der Waals surface area contributed by atoms with Gasteiger partial charge >= 0.3 is 0 Å². The van der Waals surface area contributed by atoms with Gasteiger partial charge in [-0.2, -0.15) is 0 Å². The molecule has 0 bridgehead atoms. The molecule has 24 heavy (non-hydrogen) atoms. The summed E-state index contributed by atoms with van der Waals surface area (Å²) in [7, 11) is 0.